The molecule has 0 radical (unpaired) electrons. The zero-order valence-corrected chi connectivity index (χ0v) is 20.0. The van der Waals surface area contributed by atoms with E-state index in [0.717, 1.165) is 41.8 Å². The van der Waals surface area contributed by atoms with Gasteiger partial charge in [-0.25, -0.2) is 4.98 Å². The molecule has 33 heavy (non-hydrogen) atoms. The van der Waals surface area contributed by atoms with Crippen molar-refractivity contribution in [3.63, 3.8) is 0 Å². The maximum absolute atomic E-state index is 12.2. The molecule has 0 saturated heterocycles. The average molecular weight is 470 g/mol. The summed E-state index contributed by atoms with van der Waals surface area (Å²) in [5.74, 6) is 0.627. The number of methoxy groups -OCH3 is 1. The number of carbonyl (C=O) groups is 1. The minimum Gasteiger partial charge on any atom is -0.468 e. The van der Waals surface area contributed by atoms with Crippen molar-refractivity contribution in [2.45, 2.75) is 58.3 Å². The van der Waals surface area contributed by atoms with Crippen LogP contribution in [0.5, 0.6) is 0 Å². The Morgan fingerprint density at radius 2 is 1.82 bits per heavy atom. The number of esters is 1. The number of aliphatic hydroxyl groups excluding tert-OH is 1. The summed E-state index contributed by atoms with van der Waals surface area (Å²) < 4.78 is 6.99. The van der Waals surface area contributed by atoms with Crippen LogP contribution < -0.4 is 5.32 Å². The molecule has 0 amide bonds. The monoisotopic (exact) mass is 469 g/mol. The molecule has 0 fully saturated rings. The zero-order valence-electron chi connectivity index (χ0n) is 19.3. The van der Waals surface area contributed by atoms with Gasteiger partial charge in [-0.2, -0.15) is 0 Å². The largest absolute Gasteiger partial charge is 0.468 e. The first-order valence-corrected chi connectivity index (χ1v) is 11.7. The summed E-state index contributed by atoms with van der Waals surface area (Å²) in [7, 11) is 1.41. The summed E-state index contributed by atoms with van der Waals surface area (Å²) in [4.78, 5) is 16.7. The van der Waals surface area contributed by atoms with E-state index >= 15 is 0 Å². The van der Waals surface area contributed by atoms with E-state index in [9.17, 15) is 9.90 Å². The molecule has 6 nitrogen and oxygen atoms in total. The number of hydrogen-bond donors (Lipinski definition) is 2. The van der Waals surface area contributed by atoms with Crippen molar-refractivity contribution in [3.05, 3.63) is 88.0 Å². The van der Waals surface area contributed by atoms with Crippen molar-refractivity contribution in [3.8, 4) is 0 Å². The van der Waals surface area contributed by atoms with Gasteiger partial charge in [-0.05, 0) is 29.5 Å². The van der Waals surface area contributed by atoms with Crippen LogP contribution in [0.1, 0.15) is 48.0 Å². The number of nitrogens with zero attached hydrogens (tertiary/aromatic N) is 2. The number of aryl methyl sites for hydroxylation is 1. The van der Waals surface area contributed by atoms with Crippen LogP contribution in [0.4, 0.5) is 0 Å². The van der Waals surface area contributed by atoms with Gasteiger partial charge in [0.05, 0.1) is 19.4 Å². The van der Waals surface area contributed by atoms with Gasteiger partial charge >= 0.3 is 5.97 Å². The van der Waals surface area contributed by atoms with E-state index < -0.39 is 6.04 Å². The summed E-state index contributed by atoms with van der Waals surface area (Å²) in [6.07, 6.45) is 3.48. The van der Waals surface area contributed by atoms with Gasteiger partial charge in [-0.1, -0.05) is 79.5 Å². The maximum atomic E-state index is 12.2. The number of halogens is 1. The molecule has 1 aromatic heterocycles. The number of aromatic nitrogens is 2. The topological polar surface area (TPSA) is 76.4 Å². The predicted molar refractivity (Wildman–Crippen MR) is 130 cm³/mol. The number of imidazole rings is 1. The Kier molecular flexibility index (Phi) is 9.48. The maximum Gasteiger partial charge on any atom is 0.323 e. The summed E-state index contributed by atoms with van der Waals surface area (Å²) in [6, 6.07) is 17.7. The second-order valence-corrected chi connectivity index (χ2v) is 8.43. The summed E-state index contributed by atoms with van der Waals surface area (Å²) in [6.45, 7) is 3.14. The Bertz CT molecular complexity index is 1020. The minimum absolute atomic E-state index is 0.143. The molecule has 3 aromatic rings. The molecular formula is C26H32ClN3O3. The van der Waals surface area contributed by atoms with Crippen molar-refractivity contribution < 1.29 is 14.6 Å². The quantitative estimate of drug-likeness (QED) is 0.387. The lowest BCUT2D eigenvalue weighted by molar-refractivity contribution is -0.143. The Labute approximate surface area is 200 Å². The lowest BCUT2D eigenvalue weighted by Crippen LogP contribution is -2.39. The van der Waals surface area contributed by atoms with Crippen molar-refractivity contribution in [1.29, 1.82) is 0 Å². The van der Waals surface area contributed by atoms with Crippen LogP contribution in [0.2, 0.25) is 5.15 Å². The van der Waals surface area contributed by atoms with E-state index in [0.29, 0.717) is 30.4 Å². The second-order valence-electron chi connectivity index (χ2n) is 8.08. The van der Waals surface area contributed by atoms with Gasteiger partial charge in [0.15, 0.2) is 5.15 Å². The van der Waals surface area contributed by atoms with Gasteiger partial charge < -0.3 is 19.7 Å². The highest BCUT2D eigenvalue weighted by Crippen LogP contribution is 2.21. The van der Waals surface area contributed by atoms with Gasteiger partial charge in [0.1, 0.15) is 11.9 Å². The summed E-state index contributed by atoms with van der Waals surface area (Å²) >= 11 is 6.25. The van der Waals surface area contributed by atoms with Gasteiger partial charge in [-0.15, -0.1) is 0 Å². The number of benzene rings is 2. The van der Waals surface area contributed by atoms with E-state index in [1.807, 2.05) is 47.0 Å². The third-order valence-corrected chi connectivity index (χ3v) is 5.99. The Hall–Kier alpha value is -2.67. The average Bonchev–Trinajstić information content (AvgIpc) is 3.14. The molecule has 0 aliphatic rings. The van der Waals surface area contributed by atoms with Crippen LogP contribution in [0.15, 0.2) is 54.6 Å². The predicted octanol–water partition coefficient (Wildman–Crippen LogP) is 4.29. The van der Waals surface area contributed by atoms with E-state index in [4.69, 9.17) is 16.3 Å². The normalized spacial score (nSPS) is 12.0. The van der Waals surface area contributed by atoms with E-state index in [2.05, 4.69) is 29.4 Å². The Morgan fingerprint density at radius 1 is 1.12 bits per heavy atom. The Morgan fingerprint density at radius 3 is 2.45 bits per heavy atom. The highest BCUT2D eigenvalue weighted by molar-refractivity contribution is 6.30. The number of ether oxygens (including phenoxy) is 1. The number of unbranched alkanes of at least 4 members (excludes halogenated alkanes) is 1. The summed E-state index contributed by atoms with van der Waals surface area (Å²) in [5.41, 5.74) is 3.88. The number of hydrogen-bond acceptors (Lipinski definition) is 5. The van der Waals surface area contributed by atoms with Gasteiger partial charge in [-0.3, -0.25) is 4.79 Å². The lowest BCUT2D eigenvalue weighted by atomic mass is 10.1. The molecule has 2 N–H and O–H groups in total. The van der Waals surface area contributed by atoms with Crippen molar-refractivity contribution in [2.75, 3.05) is 7.11 Å². The molecule has 0 saturated carbocycles. The zero-order chi connectivity index (χ0) is 23.6. The molecule has 0 spiro atoms. The van der Waals surface area contributed by atoms with Crippen LogP contribution >= 0.6 is 11.6 Å². The molecule has 176 valence electrons. The molecule has 1 unspecified atom stereocenters. The molecule has 3 rings (SSSR count). The molecular weight excluding hydrogens is 438 g/mol. The van der Waals surface area contributed by atoms with Gasteiger partial charge in [0.25, 0.3) is 0 Å². The molecule has 1 atom stereocenters. The molecule has 0 aliphatic heterocycles. The van der Waals surface area contributed by atoms with E-state index in [-0.39, 0.29) is 12.6 Å². The third-order valence-electron chi connectivity index (χ3n) is 5.69. The number of carbonyl (C=O) groups excluding carboxylic acids is 1. The minimum atomic E-state index is -0.418. The number of nitrogens with one attached hydrogen (secondary N) is 1. The highest BCUT2D eigenvalue weighted by Gasteiger charge is 2.19. The molecule has 0 aliphatic carbocycles. The van der Waals surface area contributed by atoms with E-state index in [1.54, 1.807) is 0 Å². The SMILES string of the molecule is CCCCc1nc(Cl)c(CO)n1Cc1ccc(CNC(Cc2ccccc2)C(=O)OC)cc1. The van der Waals surface area contributed by atoms with Crippen LogP contribution in [-0.4, -0.2) is 33.8 Å². The molecule has 7 heteroatoms. The smallest absolute Gasteiger partial charge is 0.323 e. The van der Waals surface area contributed by atoms with Crippen LogP contribution in [-0.2, 0) is 42.1 Å². The first kappa shape index (κ1) is 25.0. The van der Waals surface area contributed by atoms with Crippen molar-refractivity contribution in [1.82, 2.24) is 14.9 Å². The van der Waals surface area contributed by atoms with E-state index in [1.165, 1.54) is 7.11 Å². The number of rotatable bonds is 12. The Balaban J connectivity index is 1.66. The van der Waals surface area contributed by atoms with Gasteiger partial charge in [0, 0.05) is 19.5 Å². The van der Waals surface area contributed by atoms with Crippen LogP contribution in [0.25, 0.3) is 0 Å². The fourth-order valence-electron chi connectivity index (χ4n) is 3.79. The van der Waals surface area contributed by atoms with Crippen molar-refractivity contribution in [2.24, 2.45) is 0 Å². The van der Waals surface area contributed by atoms with Crippen LogP contribution in [0, 0.1) is 0 Å². The molecule has 1 heterocycles. The first-order valence-electron chi connectivity index (χ1n) is 11.3. The highest BCUT2D eigenvalue weighted by atomic mass is 35.5. The fraction of sp³-hybridized carbons (Fsp3) is 0.385. The van der Waals surface area contributed by atoms with Crippen molar-refractivity contribution >= 4 is 17.6 Å². The first-order chi connectivity index (χ1) is 16.0. The molecule has 0 bridgehead atoms. The third kappa shape index (κ3) is 6.90. The number of aliphatic hydroxyl groups is 1. The fourth-order valence-corrected chi connectivity index (χ4v) is 4.04. The molecule has 2 aromatic carbocycles. The lowest BCUT2D eigenvalue weighted by Gasteiger charge is -2.17. The van der Waals surface area contributed by atoms with Crippen LogP contribution in [0.3, 0.4) is 0 Å². The standard InChI is InChI=1S/C26H32ClN3O3/c1-3-4-10-24-29-25(27)23(18-31)30(24)17-21-13-11-20(12-14-21)16-28-22(26(32)33-2)15-19-8-6-5-7-9-19/h5-9,11-14,22,28,31H,3-4,10,15-18H2,1-2H3. The second kappa shape index (κ2) is 12.5. The van der Waals surface area contributed by atoms with Gasteiger partial charge in [0.2, 0.25) is 0 Å². The summed E-state index contributed by atoms with van der Waals surface area (Å²) in [5, 5.41) is 13.5.